The van der Waals surface area contributed by atoms with Crippen molar-refractivity contribution < 1.29 is 4.79 Å². The highest BCUT2D eigenvalue weighted by atomic mass is 16.2. The molecule has 0 heterocycles. The Kier molecular flexibility index (Phi) is 5.31. The van der Waals surface area contributed by atoms with Gasteiger partial charge in [0.25, 0.3) is 0 Å². The Hall–Kier alpha value is -2.62. The summed E-state index contributed by atoms with van der Waals surface area (Å²) >= 11 is 0. The van der Waals surface area contributed by atoms with Crippen LogP contribution in [0.2, 0.25) is 0 Å². The van der Waals surface area contributed by atoms with Gasteiger partial charge in [-0.05, 0) is 29.8 Å². The zero-order valence-corrected chi connectivity index (χ0v) is 13.2. The van der Waals surface area contributed by atoms with E-state index in [2.05, 4.69) is 27.6 Å². The number of hydrogen-bond acceptors (Lipinski definition) is 3. The molecular formula is C18H21N3O. The Morgan fingerprint density at radius 2 is 1.64 bits per heavy atom. The van der Waals surface area contributed by atoms with Crippen LogP contribution in [0, 0.1) is 5.92 Å². The van der Waals surface area contributed by atoms with Gasteiger partial charge in [-0.15, -0.1) is 0 Å². The van der Waals surface area contributed by atoms with Gasteiger partial charge in [0.05, 0.1) is 6.21 Å². The average Bonchev–Trinajstić information content (AvgIpc) is 2.55. The molecule has 1 N–H and O–H groups in total. The minimum absolute atomic E-state index is 0.0703. The molecule has 0 fully saturated rings. The van der Waals surface area contributed by atoms with Crippen molar-refractivity contribution in [1.82, 2.24) is 5.43 Å². The first-order chi connectivity index (χ1) is 10.6. The van der Waals surface area contributed by atoms with Gasteiger partial charge in [-0.1, -0.05) is 44.2 Å². The first kappa shape index (κ1) is 15.8. The van der Waals surface area contributed by atoms with Crippen LogP contribution in [-0.2, 0) is 4.79 Å². The molecule has 0 aliphatic rings. The van der Waals surface area contributed by atoms with Crippen molar-refractivity contribution in [2.45, 2.75) is 13.8 Å². The third kappa shape index (κ3) is 4.19. The van der Waals surface area contributed by atoms with Gasteiger partial charge in [-0.2, -0.15) is 5.10 Å². The van der Waals surface area contributed by atoms with E-state index in [9.17, 15) is 4.79 Å². The highest BCUT2D eigenvalue weighted by Crippen LogP contribution is 2.22. The maximum atomic E-state index is 11.4. The van der Waals surface area contributed by atoms with Crippen molar-refractivity contribution in [1.29, 1.82) is 0 Å². The lowest BCUT2D eigenvalue weighted by Gasteiger charge is -2.19. The highest BCUT2D eigenvalue weighted by molar-refractivity contribution is 5.83. The summed E-state index contributed by atoms with van der Waals surface area (Å²) in [6, 6.07) is 18.2. The summed E-state index contributed by atoms with van der Waals surface area (Å²) in [4.78, 5) is 13.5. The lowest BCUT2D eigenvalue weighted by atomic mass is 10.2. The molecule has 0 bridgehead atoms. The molecule has 114 valence electrons. The van der Waals surface area contributed by atoms with Gasteiger partial charge < -0.3 is 4.90 Å². The minimum Gasteiger partial charge on any atom is -0.345 e. The molecule has 0 radical (unpaired) electrons. The molecule has 0 unspecified atom stereocenters. The number of carbonyl (C=O) groups excluding carboxylic acids is 1. The van der Waals surface area contributed by atoms with E-state index in [0.717, 1.165) is 16.9 Å². The minimum atomic E-state index is -0.0864. The number of para-hydroxylation sites is 1. The number of hydrazone groups is 1. The van der Waals surface area contributed by atoms with Crippen LogP contribution in [0.4, 0.5) is 11.4 Å². The fraction of sp³-hybridized carbons (Fsp3) is 0.222. The zero-order chi connectivity index (χ0) is 15.9. The topological polar surface area (TPSA) is 44.7 Å². The van der Waals surface area contributed by atoms with Crippen LogP contribution < -0.4 is 10.3 Å². The van der Waals surface area contributed by atoms with Crippen molar-refractivity contribution in [2.24, 2.45) is 11.0 Å². The van der Waals surface area contributed by atoms with Gasteiger partial charge in [-0.3, -0.25) is 4.79 Å². The van der Waals surface area contributed by atoms with Crippen LogP contribution in [0.25, 0.3) is 0 Å². The number of nitrogens with one attached hydrogen (secondary N) is 1. The third-order valence-corrected chi connectivity index (χ3v) is 3.34. The molecule has 2 rings (SSSR count). The normalized spacial score (nSPS) is 10.9. The second-order valence-corrected chi connectivity index (χ2v) is 5.38. The van der Waals surface area contributed by atoms with Crippen molar-refractivity contribution in [3.05, 3.63) is 60.2 Å². The summed E-state index contributed by atoms with van der Waals surface area (Å²) < 4.78 is 0. The van der Waals surface area contributed by atoms with Gasteiger partial charge in [0, 0.05) is 24.3 Å². The lowest BCUT2D eigenvalue weighted by Crippen LogP contribution is -2.22. The van der Waals surface area contributed by atoms with Crippen LogP contribution >= 0.6 is 0 Å². The summed E-state index contributed by atoms with van der Waals surface area (Å²) in [5.74, 6) is -0.157. The smallest absolute Gasteiger partial charge is 0.242 e. The van der Waals surface area contributed by atoms with E-state index in [0.29, 0.717) is 0 Å². The summed E-state index contributed by atoms with van der Waals surface area (Å²) in [6.07, 6.45) is 1.65. The molecule has 2 aromatic carbocycles. The average molecular weight is 295 g/mol. The number of carbonyl (C=O) groups is 1. The molecule has 0 saturated carbocycles. The molecule has 0 aliphatic carbocycles. The Bertz CT molecular complexity index is 633. The van der Waals surface area contributed by atoms with Gasteiger partial charge in [-0.25, -0.2) is 5.43 Å². The Morgan fingerprint density at radius 3 is 2.23 bits per heavy atom. The van der Waals surface area contributed by atoms with Crippen molar-refractivity contribution in [3.8, 4) is 0 Å². The van der Waals surface area contributed by atoms with Gasteiger partial charge in [0.15, 0.2) is 0 Å². The molecule has 0 aliphatic heterocycles. The maximum Gasteiger partial charge on any atom is 0.242 e. The van der Waals surface area contributed by atoms with E-state index in [4.69, 9.17) is 0 Å². The fourth-order valence-electron chi connectivity index (χ4n) is 1.88. The molecule has 4 heteroatoms. The van der Waals surface area contributed by atoms with Gasteiger partial charge in [0.2, 0.25) is 5.91 Å². The fourth-order valence-corrected chi connectivity index (χ4v) is 1.88. The molecule has 0 atom stereocenters. The summed E-state index contributed by atoms with van der Waals surface area (Å²) in [7, 11) is 2.03. The first-order valence-electron chi connectivity index (χ1n) is 7.29. The maximum absolute atomic E-state index is 11.4. The van der Waals surface area contributed by atoms with Crippen molar-refractivity contribution >= 4 is 23.5 Å². The number of anilines is 2. The van der Waals surface area contributed by atoms with E-state index in [-0.39, 0.29) is 11.8 Å². The van der Waals surface area contributed by atoms with E-state index in [1.807, 2.05) is 63.4 Å². The van der Waals surface area contributed by atoms with Crippen molar-refractivity contribution in [2.75, 3.05) is 11.9 Å². The van der Waals surface area contributed by atoms with Gasteiger partial charge >= 0.3 is 0 Å². The predicted octanol–water partition coefficient (Wildman–Crippen LogP) is 3.56. The third-order valence-electron chi connectivity index (χ3n) is 3.34. The molecule has 22 heavy (non-hydrogen) atoms. The SMILES string of the molecule is CC(C)C(=O)N/N=C\c1ccc(N(C)c2ccccc2)cc1. The first-order valence-corrected chi connectivity index (χ1v) is 7.29. The Labute approximate surface area is 131 Å². The Balaban J connectivity index is 2.01. The summed E-state index contributed by atoms with van der Waals surface area (Å²) in [5, 5.41) is 3.96. The number of amides is 1. The van der Waals surface area contributed by atoms with E-state index in [1.165, 1.54) is 0 Å². The second kappa shape index (κ2) is 7.41. The largest absolute Gasteiger partial charge is 0.345 e. The summed E-state index contributed by atoms with van der Waals surface area (Å²) in [6.45, 7) is 3.66. The summed E-state index contributed by atoms with van der Waals surface area (Å²) in [5.41, 5.74) is 5.68. The van der Waals surface area contributed by atoms with Crippen LogP contribution in [0.1, 0.15) is 19.4 Å². The number of benzene rings is 2. The zero-order valence-electron chi connectivity index (χ0n) is 13.2. The van der Waals surface area contributed by atoms with Crippen LogP contribution in [0.3, 0.4) is 0 Å². The second-order valence-electron chi connectivity index (χ2n) is 5.38. The number of rotatable bonds is 5. The predicted molar refractivity (Wildman–Crippen MR) is 91.5 cm³/mol. The molecule has 4 nitrogen and oxygen atoms in total. The molecule has 0 aromatic heterocycles. The quantitative estimate of drug-likeness (QED) is 0.677. The monoisotopic (exact) mass is 295 g/mol. The molecule has 1 amide bonds. The van der Waals surface area contributed by atoms with E-state index in [1.54, 1.807) is 6.21 Å². The van der Waals surface area contributed by atoms with Crippen LogP contribution in [-0.4, -0.2) is 19.2 Å². The highest BCUT2D eigenvalue weighted by Gasteiger charge is 2.04. The molecule has 2 aromatic rings. The standard InChI is InChI=1S/C18H21N3O/c1-14(2)18(22)20-19-13-15-9-11-17(12-10-15)21(3)16-7-5-4-6-8-16/h4-14H,1-3H3,(H,20,22)/b19-13-. The van der Waals surface area contributed by atoms with E-state index >= 15 is 0 Å². The molecule has 0 spiro atoms. The lowest BCUT2D eigenvalue weighted by molar-refractivity contribution is -0.123. The van der Waals surface area contributed by atoms with E-state index < -0.39 is 0 Å². The molecule has 0 saturated heterocycles. The number of nitrogens with zero attached hydrogens (tertiary/aromatic N) is 2. The van der Waals surface area contributed by atoms with Crippen molar-refractivity contribution in [3.63, 3.8) is 0 Å². The van der Waals surface area contributed by atoms with Crippen LogP contribution in [0.5, 0.6) is 0 Å². The van der Waals surface area contributed by atoms with Crippen LogP contribution in [0.15, 0.2) is 59.7 Å². The van der Waals surface area contributed by atoms with Gasteiger partial charge in [0.1, 0.15) is 0 Å². The molecular weight excluding hydrogens is 274 g/mol. The number of hydrogen-bond donors (Lipinski definition) is 1. The Morgan fingerprint density at radius 1 is 1.05 bits per heavy atom.